The first kappa shape index (κ1) is 22.5. The number of nitrogens with zero attached hydrogens (tertiary/aromatic N) is 3. The van der Waals surface area contributed by atoms with E-state index in [1.807, 2.05) is 35.2 Å². The summed E-state index contributed by atoms with van der Waals surface area (Å²) in [5.41, 5.74) is 0.299. The summed E-state index contributed by atoms with van der Waals surface area (Å²) in [6.45, 7) is 0.959. The molecule has 1 aliphatic heterocycles. The van der Waals surface area contributed by atoms with E-state index in [4.69, 9.17) is 11.6 Å². The summed E-state index contributed by atoms with van der Waals surface area (Å²) < 4.78 is 38.4. The number of alkyl halides is 3. The molecule has 10 heteroatoms. The first-order chi connectivity index (χ1) is 15.3. The molecule has 1 N–H and O–H groups in total. The van der Waals surface area contributed by atoms with Crippen molar-refractivity contribution in [3.63, 3.8) is 0 Å². The minimum atomic E-state index is -4.49. The van der Waals surface area contributed by atoms with Crippen molar-refractivity contribution >= 4 is 39.8 Å². The fourth-order valence-electron chi connectivity index (χ4n) is 3.62. The van der Waals surface area contributed by atoms with Gasteiger partial charge in [0.05, 0.1) is 10.6 Å². The van der Waals surface area contributed by atoms with Crippen molar-refractivity contribution in [3.05, 3.63) is 69.8 Å². The average Bonchev–Trinajstić information content (AvgIpc) is 3.20. The van der Waals surface area contributed by atoms with Gasteiger partial charge in [-0.3, -0.25) is 4.79 Å². The third-order valence-electron chi connectivity index (χ3n) is 5.32. The average molecular weight is 481 g/mol. The number of thiazole rings is 1. The van der Waals surface area contributed by atoms with E-state index in [1.165, 1.54) is 16.9 Å². The highest BCUT2D eigenvalue weighted by atomic mass is 35.5. The lowest BCUT2D eigenvalue weighted by molar-refractivity contribution is -0.137. The van der Waals surface area contributed by atoms with E-state index in [-0.39, 0.29) is 16.8 Å². The summed E-state index contributed by atoms with van der Waals surface area (Å²) in [4.78, 5) is 23.8. The van der Waals surface area contributed by atoms with Crippen LogP contribution >= 0.6 is 22.9 Å². The lowest BCUT2D eigenvalue weighted by Gasteiger charge is -2.32. The van der Waals surface area contributed by atoms with E-state index in [1.54, 1.807) is 6.20 Å². The molecule has 0 aliphatic carbocycles. The summed E-state index contributed by atoms with van der Waals surface area (Å²) in [5.74, 6) is 0.00156. The molecule has 3 heterocycles. The lowest BCUT2D eigenvalue weighted by Crippen LogP contribution is -2.38. The highest BCUT2D eigenvalue weighted by Gasteiger charge is 2.33. The Kier molecular flexibility index (Phi) is 6.66. The molecule has 4 rings (SSSR count). The molecule has 5 nitrogen and oxygen atoms in total. The van der Waals surface area contributed by atoms with Crippen molar-refractivity contribution < 1.29 is 18.0 Å². The van der Waals surface area contributed by atoms with Crippen LogP contribution < -0.4 is 10.2 Å². The summed E-state index contributed by atoms with van der Waals surface area (Å²) in [6, 6.07) is 10.9. The minimum Gasteiger partial charge on any atom is -0.355 e. The van der Waals surface area contributed by atoms with Gasteiger partial charge in [-0.2, -0.15) is 13.2 Å². The number of pyridine rings is 1. The molecule has 3 aromatic rings. The van der Waals surface area contributed by atoms with Crippen LogP contribution in [0.1, 0.15) is 28.8 Å². The molecule has 1 aliphatic rings. The summed E-state index contributed by atoms with van der Waals surface area (Å²) in [7, 11) is 0. The van der Waals surface area contributed by atoms with Crippen molar-refractivity contribution in [1.29, 1.82) is 0 Å². The Morgan fingerprint density at radius 1 is 1.16 bits per heavy atom. The predicted octanol–water partition coefficient (Wildman–Crippen LogP) is 5.66. The van der Waals surface area contributed by atoms with Gasteiger partial charge in [0.15, 0.2) is 5.13 Å². The maximum atomic E-state index is 12.8. The van der Waals surface area contributed by atoms with Gasteiger partial charge in [0.2, 0.25) is 5.91 Å². The Bertz CT molecular complexity index is 1080. The van der Waals surface area contributed by atoms with Crippen LogP contribution in [0.25, 0.3) is 0 Å². The van der Waals surface area contributed by atoms with Crippen LogP contribution in [0.2, 0.25) is 5.02 Å². The number of anilines is 2. The van der Waals surface area contributed by atoms with Gasteiger partial charge in [0.25, 0.3) is 0 Å². The number of hydrogen-bond donors (Lipinski definition) is 1. The van der Waals surface area contributed by atoms with E-state index in [9.17, 15) is 18.0 Å². The van der Waals surface area contributed by atoms with Crippen LogP contribution in [0.4, 0.5) is 24.1 Å². The maximum Gasteiger partial charge on any atom is 0.417 e. The molecule has 1 amide bonds. The number of piperidine rings is 1. The zero-order chi connectivity index (χ0) is 22.7. The number of nitrogens with one attached hydrogen (secondary N) is 1. The molecule has 0 saturated carbocycles. The smallest absolute Gasteiger partial charge is 0.355 e. The van der Waals surface area contributed by atoms with Gasteiger partial charge in [-0.1, -0.05) is 41.9 Å². The Labute approximate surface area is 192 Å². The molecule has 0 bridgehead atoms. The highest BCUT2D eigenvalue weighted by molar-refractivity contribution is 7.15. The number of benzene rings is 1. The first-order valence-electron chi connectivity index (χ1n) is 10.1. The fraction of sp³-hybridized carbons (Fsp3) is 0.318. The van der Waals surface area contributed by atoms with Crippen LogP contribution in [0.15, 0.2) is 48.8 Å². The molecule has 1 saturated heterocycles. The van der Waals surface area contributed by atoms with Crippen molar-refractivity contribution in [2.75, 3.05) is 23.3 Å². The number of amides is 1. The number of hydrogen-bond acceptors (Lipinski definition) is 5. The Balaban J connectivity index is 1.31. The molecule has 0 unspecified atom stereocenters. The van der Waals surface area contributed by atoms with Gasteiger partial charge in [0.1, 0.15) is 5.82 Å². The van der Waals surface area contributed by atoms with Crippen LogP contribution in [0, 0.1) is 5.92 Å². The predicted molar refractivity (Wildman–Crippen MR) is 119 cm³/mol. The van der Waals surface area contributed by atoms with Crippen molar-refractivity contribution in [2.45, 2.75) is 25.4 Å². The molecule has 32 heavy (non-hydrogen) atoms. The number of carbonyl (C=O) groups excluding carboxylic acids is 1. The van der Waals surface area contributed by atoms with E-state index >= 15 is 0 Å². The highest BCUT2D eigenvalue weighted by Crippen LogP contribution is 2.35. The maximum absolute atomic E-state index is 12.8. The summed E-state index contributed by atoms with van der Waals surface area (Å²) in [5, 5.41) is 3.41. The molecule has 2 aromatic heterocycles. The van der Waals surface area contributed by atoms with E-state index in [0.717, 1.165) is 23.6 Å². The van der Waals surface area contributed by atoms with Crippen LogP contribution in [0.5, 0.6) is 0 Å². The monoisotopic (exact) mass is 480 g/mol. The SMILES string of the molecule is O=C(Nc1ncc(Cc2ccccc2)s1)C1CCN(c2ncc(C(F)(F)F)cc2Cl)CC1. The quantitative estimate of drug-likeness (QED) is 0.512. The Morgan fingerprint density at radius 2 is 1.88 bits per heavy atom. The number of carbonyl (C=O) groups is 1. The Hall–Kier alpha value is -2.65. The molecule has 1 fully saturated rings. The third kappa shape index (κ3) is 5.39. The van der Waals surface area contributed by atoms with E-state index in [0.29, 0.717) is 36.9 Å². The van der Waals surface area contributed by atoms with Crippen LogP contribution in [-0.2, 0) is 17.4 Å². The second-order valence-corrected chi connectivity index (χ2v) is 9.09. The second-order valence-electron chi connectivity index (χ2n) is 7.57. The Morgan fingerprint density at radius 3 is 2.53 bits per heavy atom. The second kappa shape index (κ2) is 9.46. The van der Waals surface area contributed by atoms with Gasteiger partial charge >= 0.3 is 6.18 Å². The van der Waals surface area contributed by atoms with Gasteiger partial charge < -0.3 is 10.2 Å². The van der Waals surface area contributed by atoms with Crippen molar-refractivity contribution in [3.8, 4) is 0 Å². The van der Waals surface area contributed by atoms with Gasteiger partial charge in [0, 0.05) is 42.7 Å². The molecule has 168 valence electrons. The van der Waals surface area contributed by atoms with Crippen LogP contribution in [-0.4, -0.2) is 29.0 Å². The van der Waals surface area contributed by atoms with E-state index < -0.39 is 11.7 Å². The van der Waals surface area contributed by atoms with Gasteiger partial charge in [-0.05, 0) is 24.5 Å². The van der Waals surface area contributed by atoms with Gasteiger partial charge in [-0.15, -0.1) is 11.3 Å². The number of halogens is 4. The fourth-order valence-corrected chi connectivity index (χ4v) is 4.76. The molecule has 1 aromatic carbocycles. The summed E-state index contributed by atoms with van der Waals surface area (Å²) >= 11 is 7.49. The van der Waals surface area contributed by atoms with Gasteiger partial charge in [-0.25, -0.2) is 9.97 Å². The first-order valence-corrected chi connectivity index (χ1v) is 11.3. The standard InChI is InChI=1S/C22H20ClF3N4OS/c23-18-11-16(22(24,25)26)12-27-19(18)30-8-6-15(7-9-30)20(31)29-21-28-13-17(32-21)10-14-4-2-1-3-5-14/h1-5,11-13,15H,6-10H2,(H,28,29,31). The largest absolute Gasteiger partial charge is 0.417 e. The van der Waals surface area contributed by atoms with Crippen LogP contribution in [0.3, 0.4) is 0 Å². The molecule has 0 spiro atoms. The molecular weight excluding hydrogens is 461 g/mol. The zero-order valence-electron chi connectivity index (χ0n) is 16.9. The summed E-state index contributed by atoms with van der Waals surface area (Å²) in [6.07, 6.45) is -0.0748. The zero-order valence-corrected chi connectivity index (χ0v) is 18.5. The molecule has 0 radical (unpaired) electrons. The van der Waals surface area contributed by atoms with E-state index in [2.05, 4.69) is 15.3 Å². The minimum absolute atomic E-state index is 0.0449. The van der Waals surface area contributed by atoms with Crippen molar-refractivity contribution in [1.82, 2.24) is 9.97 Å². The molecular formula is C22H20ClF3N4OS. The number of rotatable bonds is 5. The number of aromatic nitrogens is 2. The molecule has 0 atom stereocenters. The van der Waals surface area contributed by atoms with Crippen molar-refractivity contribution in [2.24, 2.45) is 5.92 Å². The third-order valence-corrected chi connectivity index (χ3v) is 6.51. The normalized spacial score (nSPS) is 15.1. The topological polar surface area (TPSA) is 58.1 Å². The lowest BCUT2D eigenvalue weighted by atomic mass is 9.96.